The molecule has 0 spiro atoms. The normalized spacial score (nSPS) is 20.7. The van der Waals surface area contributed by atoms with Gasteiger partial charge >= 0.3 is 0 Å². The fourth-order valence-electron chi connectivity index (χ4n) is 1.55. The molecule has 1 unspecified atom stereocenters. The minimum atomic E-state index is 0.341. The average molecular weight is 256 g/mol. The Labute approximate surface area is 104 Å². The molecule has 0 radical (unpaired) electrons. The second kappa shape index (κ2) is 5.63. The number of hydrogen-bond acceptors (Lipinski definition) is 6. The van der Waals surface area contributed by atoms with Gasteiger partial charge in [-0.15, -0.1) is 0 Å². The first-order valence-corrected chi connectivity index (χ1v) is 7.49. The fourth-order valence-corrected chi connectivity index (χ4v) is 4.17. The maximum Gasteiger partial charge on any atom is 0.222 e. The number of nitrogen functional groups attached to an aromatic ring is 1. The van der Waals surface area contributed by atoms with Crippen LogP contribution in [0.15, 0.2) is 6.07 Å². The van der Waals surface area contributed by atoms with E-state index in [1.165, 1.54) is 17.3 Å². The zero-order valence-corrected chi connectivity index (χ0v) is 10.9. The molecule has 0 bridgehead atoms. The van der Waals surface area contributed by atoms with Crippen LogP contribution in [0.1, 0.15) is 5.69 Å². The molecule has 4 nitrogen and oxygen atoms in total. The summed E-state index contributed by atoms with van der Waals surface area (Å²) in [6, 6.07) is 1.93. The Morgan fingerprint density at radius 2 is 2.38 bits per heavy atom. The summed E-state index contributed by atoms with van der Waals surface area (Å²) >= 11 is 4.06. The van der Waals surface area contributed by atoms with Gasteiger partial charge in [-0.3, -0.25) is 0 Å². The molecule has 1 aromatic rings. The van der Waals surface area contributed by atoms with Crippen LogP contribution in [0.3, 0.4) is 0 Å². The lowest BCUT2D eigenvalue weighted by Gasteiger charge is -2.21. The highest BCUT2D eigenvalue weighted by atomic mass is 32.2. The summed E-state index contributed by atoms with van der Waals surface area (Å²) in [5.74, 6) is 4.93. The van der Waals surface area contributed by atoms with Gasteiger partial charge in [-0.05, 0) is 6.92 Å². The lowest BCUT2D eigenvalue weighted by atomic mass is 10.4. The minimum absolute atomic E-state index is 0.341. The summed E-state index contributed by atoms with van der Waals surface area (Å²) in [7, 11) is 0. The highest BCUT2D eigenvalue weighted by Crippen LogP contribution is 2.24. The molecule has 0 aliphatic carbocycles. The van der Waals surface area contributed by atoms with Crippen molar-refractivity contribution in [2.45, 2.75) is 12.2 Å². The topological polar surface area (TPSA) is 63.8 Å². The van der Waals surface area contributed by atoms with Crippen molar-refractivity contribution >= 4 is 35.3 Å². The van der Waals surface area contributed by atoms with Gasteiger partial charge < -0.3 is 11.1 Å². The molecule has 1 saturated heterocycles. The number of nitrogens with two attached hydrogens (primary N) is 1. The minimum Gasteiger partial charge on any atom is -0.369 e. The second-order valence-corrected chi connectivity index (χ2v) is 6.26. The summed E-state index contributed by atoms with van der Waals surface area (Å²) in [6.07, 6.45) is 0. The van der Waals surface area contributed by atoms with Gasteiger partial charge in [-0.25, -0.2) is 4.98 Å². The third kappa shape index (κ3) is 3.45. The SMILES string of the molecule is Cc1cc(NCC2CSCCS2)nc(N)n1. The van der Waals surface area contributed by atoms with E-state index in [1.807, 2.05) is 36.5 Å². The van der Waals surface area contributed by atoms with Crippen LogP contribution >= 0.6 is 23.5 Å². The largest absolute Gasteiger partial charge is 0.369 e. The number of hydrogen-bond donors (Lipinski definition) is 2. The van der Waals surface area contributed by atoms with Crippen LogP contribution in [-0.4, -0.2) is 39.0 Å². The predicted molar refractivity (Wildman–Crippen MR) is 73.2 cm³/mol. The standard InChI is InChI=1S/C10H16N4S2/c1-7-4-9(14-10(11)13-7)12-5-8-6-15-2-3-16-8/h4,8H,2-3,5-6H2,1H3,(H3,11,12,13,14). The third-order valence-electron chi connectivity index (χ3n) is 2.27. The van der Waals surface area contributed by atoms with Crippen molar-refractivity contribution in [3.05, 3.63) is 11.8 Å². The molecule has 6 heteroatoms. The second-order valence-electron chi connectivity index (χ2n) is 3.70. The molecule has 88 valence electrons. The van der Waals surface area contributed by atoms with Crippen molar-refractivity contribution in [3.8, 4) is 0 Å². The van der Waals surface area contributed by atoms with Gasteiger partial charge in [-0.2, -0.15) is 28.5 Å². The lowest BCUT2D eigenvalue weighted by Crippen LogP contribution is -2.23. The van der Waals surface area contributed by atoms with E-state index in [4.69, 9.17) is 5.73 Å². The molecule has 0 amide bonds. The van der Waals surface area contributed by atoms with Crippen LogP contribution in [0.2, 0.25) is 0 Å². The van der Waals surface area contributed by atoms with Gasteiger partial charge in [-0.1, -0.05) is 0 Å². The van der Waals surface area contributed by atoms with E-state index in [1.54, 1.807) is 0 Å². The maximum absolute atomic E-state index is 5.60. The van der Waals surface area contributed by atoms with Crippen LogP contribution in [0.4, 0.5) is 11.8 Å². The van der Waals surface area contributed by atoms with E-state index in [0.717, 1.165) is 18.1 Å². The Morgan fingerprint density at radius 1 is 1.50 bits per heavy atom. The molecule has 2 heterocycles. The molecule has 2 rings (SSSR count). The fraction of sp³-hybridized carbons (Fsp3) is 0.600. The third-order valence-corrected chi connectivity index (χ3v) is 5.11. The van der Waals surface area contributed by atoms with E-state index in [9.17, 15) is 0 Å². The van der Waals surface area contributed by atoms with Gasteiger partial charge in [0.25, 0.3) is 0 Å². The molecule has 1 aliphatic heterocycles. The van der Waals surface area contributed by atoms with Crippen molar-refractivity contribution < 1.29 is 0 Å². The first-order chi connectivity index (χ1) is 7.74. The smallest absolute Gasteiger partial charge is 0.222 e. The van der Waals surface area contributed by atoms with Gasteiger partial charge in [0.05, 0.1) is 0 Å². The van der Waals surface area contributed by atoms with Crippen LogP contribution in [0.25, 0.3) is 0 Å². The number of thioether (sulfide) groups is 2. The van der Waals surface area contributed by atoms with E-state index in [0.29, 0.717) is 11.2 Å². The molecule has 1 fully saturated rings. The Balaban J connectivity index is 1.88. The molecule has 1 atom stereocenters. The van der Waals surface area contributed by atoms with Crippen LogP contribution in [0, 0.1) is 6.92 Å². The Bertz CT molecular complexity index is 332. The highest BCUT2D eigenvalue weighted by molar-refractivity contribution is 8.06. The van der Waals surface area contributed by atoms with Crippen molar-refractivity contribution in [2.75, 3.05) is 34.9 Å². The first-order valence-electron chi connectivity index (χ1n) is 5.28. The zero-order valence-electron chi connectivity index (χ0n) is 9.27. The number of anilines is 2. The quantitative estimate of drug-likeness (QED) is 0.857. The molecule has 3 N–H and O–H groups in total. The average Bonchev–Trinajstić information content (AvgIpc) is 2.27. The Hall–Kier alpha value is -0.620. The lowest BCUT2D eigenvalue weighted by molar-refractivity contribution is 0.985. The Morgan fingerprint density at radius 3 is 3.06 bits per heavy atom. The van der Waals surface area contributed by atoms with Crippen LogP contribution < -0.4 is 11.1 Å². The van der Waals surface area contributed by atoms with Gasteiger partial charge in [0.15, 0.2) is 0 Å². The van der Waals surface area contributed by atoms with Crippen LogP contribution in [-0.2, 0) is 0 Å². The van der Waals surface area contributed by atoms with Crippen molar-refractivity contribution in [2.24, 2.45) is 0 Å². The molecule has 1 aromatic heterocycles. The monoisotopic (exact) mass is 256 g/mol. The summed E-state index contributed by atoms with van der Waals surface area (Å²) < 4.78 is 0. The summed E-state index contributed by atoms with van der Waals surface area (Å²) in [5, 5.41) is 4.01. The maximum atomic E-state index is 5.60. The van der Waals surface area contributed by atoms with Crippen molar-refractivity contribution in [1.29, 1.82) is 0 Å². The number of aryl methyl sites for hydroxylation is 1. The van der Waals surface area contributed by atoms with Gasteiger partial charge in [0.2, 0.25) is 5.95 Å². The Kier molecular flexibility index (Phi) is 4.17. The summed E-state index contributed by atoms with van der Waals surface area (Å²) in [4.78, 5) is 8.20. The molecule has 16 heavy (non-hydrogen) atoms. The number of rotatable bonds is 3. The molecular formula is C10H16N4S2. The highest BCUT2D eigenvalue weighted by Gasteiger charge is 2.14. The van der Waals surface area contributed by atoms with E-state index in [-0.39, 0.29) is 0 Å². The number of nitrogens with zero attached hydrogens (tertiary/aromatic N) is 2. The molecule has 0 aromatic carbocycles. The zero-order chi connectivity index (χ0) is 11.4. The first kappa shape index (κ1) is 11.9. The molecule has 0 saturated carbocycles. The summed E-state index contributed by atoms with van der Waals surface area (Å²) in [5.41, 5.74) is 6.50. The number of aromatic nitrogens is 2. The van der Waals surface area contributed by atoms with E-state index < -0.39 is 0 Å². The van der Waals surface area contributed by atoms with Gasteiger partial charge in [0, 0.05) is 40.8 Å². The van der Waals surface area contributed by atoms with Gasteiger partial charge in [0.1, 0.15) is 5.82 Å². The van der Waals surface area contributed by atoms with E-state index in [2.05, 4.69) is 15.3 Å². The van der Waals surface area contributed by atoms with E-state index >= 15 is 0 Å². The molecule has 1 aliphatic rings. The summed E-state index contributed by atoms with van der Waals surface area (Å²) in [6.45, 7) is 2.88. The molecular weight excluding hydrogens is 240 g/mol. The van der Waals surface area contributed by atoms with Crippen molar-refractivity contribution in [1.82, 2.24) is 9.97 Å². The van der Waals surface area contributed by atoms with Crippen molar-refractivity contribution in [3.63, 3.8) is 0 Å². The van der Waals surface area contributed by atoms with Crippen LogP contribution in [0.5, 0.6) is 0 Å². The number of nitrogens with one attached hydrogen (secondary N) is 1. The predicted octanol–water partition coefficient (Wildman–Crippen LogP) is 1.63.